The Hall–Kier alpha value is -4.21. The molecule has 3 aromatic rings. The van der Waals surface area contributed by atoms with E-state index in [1.54, 1.807) is 49.6 Å². The number of aromatic nitrogens is 2. The van der Waals surface area contributed by atoms with E-state index >= 15 is 0 Å². The van der Waals surface area contributed by atoms with Crippen LogP contribution >= 0.6 is 0 Å². The number of rotatable bonds is 8. The molecule has 166 valence electrons. The lowest BCUT2D eigenvalue weighted by Gasteiger charge is -2.10. The number of H-pyrrole nitrogens is 1. The molecule has 10 nitrogen and oxygen atoms in total. The molecule has 4 rings (SSSR count). The summed E-state index contributed by atoms with van der Waals surface area (Å²) in [5, 5.41) is 2.62. The highest BCUT2D eigenvalue weighted by molar-refractivity contribution is 5.93. The van der Waals surface area contributed by atoms with Crippen LogP contribution in [0.4, 0.5) is 0 Å². The highest BCUT2D eigenvalue weighted by Gasteiger charge is 2.17. The molecule has 0 saturated heterocycles. The van der Waals surface area contributed by atoms with Crippen LogP contribution < -0.4 is 35.5 Å². The number of fused-ring (bicyclic) bond motifs is 1. The van der Waals surface area contributed by atoms with Crippen molar-refractivity contribution < 1.29 is 23.7 Å². The Morgan fingerprint density at radius 3 is 2.62 bits per heavy atom. The van der Waals surface area contributed by atoms with E-state index in [1.165, 1.54) is 0 Å². The second kappa shape index (κ2) is 9.29. The van der Waals surface area contributed by atoms with Gasteiger partial charge in [0.05, 0.1) is 20.2 Å². The zero-order chi connectivity index (χ0) is 22.5. The molecule has 1 aliphatic heterocycles. The maximum atomic E-state index is 12.8. The van der Waals surface area contributed by atoms with Crippen molar-refractivity contribution >= 4 is 5.91 Å². The molecular formula is C22H21N3O7. The zero-order valence-corrected chi connectivity index (χ0v) is 17.3. The van der Waals surface area contributed by atoms with Gasteiger partial charge in [0, 0.05) is 6.20 Å². The average Bonchev–Trinajstić information content (AvgIpc) is 3.27. The third-order valence-corrected chi connectivity index (χ3v) is 4.80. The largest absolute Gasteiger partial charge is 0.497 e. The highest BCUT2D eigenvalue weighted by atomic mass is 16.7. The Morgan fingerprint density at radius 2 is 1.84 bits per heavy atom. The molecule has 1 aliphatic rings. The number of hydrogen-bond donors (Lipinski definition) is 2. The standard InChI is InChI=1S/C22H21N3O7/c1-29-15-3-5-16(6-4-15)30-9-8-23-20(26)17-11-24-22(28)25(21(17)27)12-14-2-7-18-19(10-14)32-13-31-18/h2-7,10-11H,8-9,12-13H2,1H3,(H,23,26)(H,24,28). The summed E-state index contributed by atoms with van der Waals surface area (Å²) in [7, 11) is 1.57. The molecule has 10 heteroatoms. The molecule has 1 aromatic heterocycles. The number of aromatic amines is 1. The lowest BCUT2D eigenvalue weighted by molar-refractivity contribution is 0.0944. The van der Waals surface area contributed by atoms with Crippen molar-refractivity contribution in [3.63, 3.8) is 0 Å². The normalized spacial score (nSPS) is 11.8. The Balaban J connectivity index is 1.39. The van der Waals surface area contributed by atoms with Crippen molar-refractivity contribution in [1.29, 1.82) is 0 Å². The van der Waals surface area contributed by atoms with Crippen LogP contribution in [-0.4, -0.2) is 42.5 Å². The fourth-order valence-electron chi connectivity index (χ4n) is 3.14. The van der Waals surface area contributed by atoms with Gasteiger partial charge in [0.25, 0.3) is 11.5 Å². The molecule has 0 bridgehead atoms. The van der Waals surface area contributed by atoms with Crippen LogP contribution in [0.15, 0.2) is 58.3 Å². The number of carbonyl (C=O) groups is 1. The topological polar surface area (TPSA) is 121 Å². The Kier molecular flexibility index (Phi) is 6.11. The minimum absolute atomic E-state index is 0.0213. The average molecular weight is 439 g/mol. The Bertz CT molecular complexity index is 1230. The number of benzene rings is 2. The van der Waals surface area contributed by atoms with Crippen molar-refractivity contribution in [2.75, 3.05) is 27.1 Å². The molecule has 2 heterocycles. The van der Waals surface area contributed by atoms with E-state index in [0.717, 1.165) is 10.8 Å². The Morgan fingerprint density at radius 1 is 1.09 bits per heavy atom. The van der Waals surface area contributed by atoms with Gasteiger partial charge in [-0.15, -0.1) is 0 Å². The zero-order valence-electron chi connectivity index (χ0n) is 17.3. The first-order valence-electron chi connectivity index (χ1n) is 9.81. The van der Waals surface area contributed by atoms with Crippen molar-refractivity contribution in [3.05, 3.63) is 80.6 Å². The fourth-order valence-corrected chi connectivity index (χ4v) is 3.14. The monoisotopic (exact) mass is 439 g/mol. The van der Waals surface area contributed by atoms with Crippen molar-refractivity contribution in [3.8, 4) is 23.0 Å². The number of nitrogens with zero attached hydrogens (tertiary/aromatic N) is 1. The minimum Gasteiger partial charge on any atom is -0.497 e. The maximum Gasteiger partial charge on any atom is 0.328 e. The molecule has 1 amide bonds. The molecule has 0 fully saturated rings. The number of methoxy groups -OCH3 is 1. The molecule has 32 heavy (non-hydrogen) atoms. The predicted molar refractivity (Wildman–Crippen MR) is 114 cm³/mol. The van der Waals surface area contributed by atoms with Crippen LogP contribution in [-0.2, 0) is 6.54 Å². The number of hydrogen-bond acceptors (Lipinski definition) is 7. The van der Waals surface area contributed by atoms with E-state index in [0.29, 0.717) is 28.6 Å². The van der Waals surface area contributed by atoms with E-state index in [2.05, 4.69) is 10.3 Å². The summed E-state index contributed by atoms with van der Waals surface area (Å²) in [6, 6.07) is 12.1. The number of ether oxygens (including phenoxy) is 4. The quantitative estimate of drug-likeness (QED) is 0.505. The first kappa shape index (κ1) is 21.0. The smallest absolute Gasteiger partial charge is 0.328 e. The van der Waals surface area contributed by atoms with E-state index in [1.807, 2.05) is 0 Å². The molecular weight excluding hydrogens is 418 g/mol. The van der Waals surface area contributed by atoms with Crippen LogP contribution in [0.25, 0.3) is 0 Å². The molecule has 0 spiro atoms. The van der Waals surface area contributed by atoms with E-state index in [4.69, 9.17) is 18.9 Å². The first-order chi connectivity index (χ1) is 15.5. The second-order valence-corrected chi connectivity index (χ2v) is 6.87. The van der Waals surface area contributed by atoms with Gasteiger partial charge < -0.3 is 29.2 Å². The third kappa shape index (κ3) is 4.59. The van der Waals surface area contributed by atoms with Gasteiger partial charge in [0.1, 0.15) is 23.7 Å². The molecule has 0 unspecified atom stereocenters. The van der Waals surface area contributed by atoms with Gasteiger partial charge in [-0.2, -0.15) is 0 Å². The fraction of sp³-hybridized carbons (Fsp3) is 0.227. The molecule has 2 N–H and O–H groups in total. The van der Waals surface area contributed by atoms with Gasteiger partial charge in [-0.25, -0.2) is 4.79 Å². The number of carbonyl (C=O) groups excluding carboxylic acids is 1. The van der Waals surface area contributed by atoms with Gasteiger partial charge in [0.15, 0.2) is 11.5 Å². The number of amides is 1. The molecule has 0 radical (unpaired) electrons. The lowest BCUT2D eigenvalue weighted by atomic mass is 10.2. The van der Waals surface area contributed by atoms with Crippen molar-refractivity contribution in [2.24, 2.45) is 0 Å². The van der Waals surface area contributed by atoms with Crippen molar-refractivity contribution in [1.82, 2.24) is 14.9 Å². The Labute approximate surface area is 182 Å². The first-order valence-corrected chi connectivity index (χ1v) is 9.81. The summed E-state index contributed by atoms with van der Waals surface area (Å²) < 4.78 is 22.2. The van der Waals surface area contributed by atoms with Gasteiger partial charge in [-0.05, 0) is 42.0 Å². The van der Waals surface area contributed by atoms with E-state index in [9.17, 15) is 14.4 Å². The molecule has 0 atom stereocenters. The van der Waals surface area contributed by atoms with Crippen LogP contribution in [0.2, 0.25) is 0 Å². The van der Waals surface area contributed by atoms with Gasteiger partial charge in [0.2, 0.25) is 6.79 Å². The van der Waals surface area contributed by atoms with Crippen LogP contribution in [0, 0.1) is 0 Å². The van der Waals surface area contributed by atoms with Crippen LogP contribution in [0.1, 0.15) is 15.9 Å². The van der Waals surface area contributed by atoms with Gasteiger partial charge >= 0.3 is 5.69 Å². The summed E-state index contributed by atoms with van der Waals surface area (Å²) in [6.07, 6.45) is 1.11. The van der Waals surface area contributed by atoms with Gasteiger partial charge in [-0.3, -0.25) is 14.2 Å². The van der Waals surface area contributed by atoms with Gasteiger partial charge in [-0.1, -0.05) is 6.07 Å². The maximum absolute atomic E-state index is 12.8. The molecule has 2 aromatic carbocycles. The minimum atomic E-state index is -0.694. The SMILES string of the molecule is COc1ccc(OCCNC(=O)c2c[nH]c(=O)n(Cc3ccc4c(c3)OCO4)c2=O)cc1. The summed E-state index contributed by atoms with van der Waals surface area (Å²) in [4.78, 5) is 39.9. The lowest BCUT2D eigenvalue weighted by Crippen LogP contribution is -2.41. The van der Waals surface area contributed by atoms with E-state index < -0.39 is 17.2 Å². The van der Waals surface area contributed by atoms with Crippen molar-refractivity contribution in [2.45, 2.75) is 6.54 Å². The predicted octanol–water partition coefficient (Wildman–Crippen LogP) is 1.13. The van der Waals surface area contributed by atoms with Crippen LogP contribution in [0.5, 0.6) is 23.0 Å². The third-order valence-electron chi connectivity index (χ3n) is 4.80. The highest BCUT2D eigenvalue weighted by Crippen LogP contribution is 2.32. The summed E-state index contributed by atoms with van der Waals surface area (Å²) >= 11 is 0. The summed E-state index contributed by atoms with van der Waals surface area (Å²) in [6.45, 7) is 0.474. The summed E-state index contributed by atoms with van der Waals surface area (Å²) in [5.41, 5.74) is -0.825. The van der Waals surface area contributed by atoms with Crippen LogP contribution in [0.3, 0.4) is 0 Å². The molecule has 0 aliphatic carbocycles. The summed E-state index contributed by atoms with van der Waals surface area (Å²) in [5.74, 6) is 1.86. The van der Waals surface area contributed by atoms with E-state index in [-0.39, 0.29) is 32.1 Å². The second-order valence-electron chi connectivity index (χ2n) is 6.87. The molecule has 0 saturated carbocycles. The number of nitrogens with one attached hydrogen (secondary N) is 2.